The summed E-state index contributed by atoms with van der Waals surface area (Å²) in [5.74, 6) is 0.283. The van der Waals surface area contributed by atoms with Crippen molar-refractivity contribution in [2.75, 3.05) is 6.54 Å². The number of carbonyl (C=O) groups is 1. The van der Waals surface area contributed by atoms with E-state index >= 15 is 0 Å². The van der Waals surface area contributed by atoms with Crippen LogP contribution in [-0.4, -0.2) is 50.5 Å². The highest BCUT2D eigenvalue weighted by molar-refractivity contribution is 5.99. The Kier molecular flexibility index (Phi) is 4.29. The molecule has 2 aliphatic rings. The number of ether oxygens (including phenoxy) is 1. The van der Waals surface area contributed by atoms with Crippen LogP contribution in [0.3, 0.4) is 0 Å². The molecule has 1 saturated carbocycles. The van der Waals surface area contributed by atoms with E-state index in [4.69, 9.17) is 4.74 Å². The van der Waals surface area contributed by atoms with Crippen LogP contribution in [0.4, 0.5) is 0 Å². The molecule has 7 heteroatoms. The lowest BCUT2D eigenvalue weighted by Crippen LogP contribution is -2.36. The Morgan fingerprint density at radius 3 is 2.93 bits per heavy atom. The Bertz CT molecular complexity index is 1090. The normalized spacial score (nSPS) is 26.4. The molecular formula is C22H23N3O4. The monoisotopic (exact) mass is 393 g/mol. The second-order valence-electron chi connectivity index (χ2n) is 7.82. The molecule has 4 atom stereocenters. The number of carbonyl (C=O) groups excluding carboxylic acids is 1. The second kappa shape index (κ2) is 6.86. The van der Waals surface area contributed by atoms with Crippen LogP contribution >= 0.6 is 0 Å². The Morgan fingerprint density at radius 1 is 1.21 bits per heavy atom. The van der Waals surface area contributed by atoms with E-state index in [-0.39, 0.29) is 11.9 Å². The number of nitrogens with zero attached hydrogens (tertiary/aromatic N) is 2. The zero-order chi connectivity index (χ0) is 20.1. The van der Waals surface area contributed by atoms with Gasteiger partial charge in [0.05, 0.1) is 11.6 Å². The van der Waals surface area contributed by atoms with Gasteiger partial charge in [0.25, 0.3) is 5.91 Å². The van der Waals surface area contributed by atoms with Crippen molar-refractivity contribution in [1.82, 2.24) is 14.9 Å². The van der Waals surface area contributed by atoms with Crippen molar-refractivity contribution in [2.24, 2.45) is 0 Å². The van der Waals surface area contributed by atoms with Gasteiger partial charge in [-0.1, -0.05) is 12.1 Å². The number of hydrogen-bond donors (Lipinski definition) is 3. The van der Waals surface area contributed by atoms with Crippen molar-refractivity contribution < 1.29 is 19.7 Å². The minimum absolute atomic E-state index is 0.164. The number of rotatable bonds is 3. The molecular weight excluding hydrogens is 370 g/mol. The largest absolute Gasteiger partial charge is 0.487 e. The van der Waals surface area contributed by atoms with Crippen molar-refractivity contribution in [3.8, 4) is 5.75 Å². The SMILES string of the molecule is Cc1ccnc2c1ccn2C1C[C@H](Oc2cccc3c2C(=O)NCC3)[C@@H](O)[C@H]1O. The smallest absolute Gasteiger partial charge is 0.255 e. The highest BCUT2D eigenvalue weighted by atomic mass is 16.5. The standard InChI is InChI=1S/C22H23N3O4/c1-12-5-8-23-21-14(12)7-10-25(21)15-11-17(20(27)19(15)26)29-16-4-2-3-13-6-9-24-22(28)18(13)16/h2-5,7-8,10,15,17,19-20,26-27H,6,9,11H2,1H3,(H,24,28)/t15?,17-,19-,20+/m0/s1. The molecule has 150 valence electrons. The van der Waals surface area contributed by atoms with Gasteiger partial charge in [-0.25, -0.2) is 4.98 Å². The molecule has 5 rings (SSSR count). The fourth-order valence-corrected chi connectivity index (χ4v) is 4.52. The summed E-state index contributed by atoms with van der Waals surface area (Å²) < 4.78 is 8.00. The second-order valence-corrected chi connectivity index (χ2v) is 7.82. The Labute approximate surface area is 167 Å². The fraction of sp³-hybridized carbons (Fsp3) is 0.364. The number of nitrogens with one attached hydrogen (secondary N) is 1. The van der Waals surface area contributed by atoms with E-state index in [0.29, 0.717) is 24.3 Å². The molecule has 7 nitrogen and oxygen atoms in total. The van der Waals surface area contributed by atoms with Gasteiger partial charge in [0, 0.05) is 30.7 Å². The maximum Gasteiger partial charge on any atom is 0.255 e. The number of benzene rings is 1. The van der Waals surface area contributed by atoms with Crippen LogP contribution < -0.4 is 10.1 Å². The summed E-state index contributed by atoms with van der Waals surface area (Å²) >= 11 is 0. The summed E-state index contributed by atoms with van der Waals surface area (Å²) in [6.07, 6.45) is 2.11. The maximum atomic E-state index is 12.3. The minimum Gasteiger partial charge on any atom is -0.487 e. The van der Waals surface area contributed by atoms with Crippen LogP contribution in [0.15, 0.2) is 42.7 Å². The predicted octanol–water partition coefficient (Wildman–Crippen LogP) is 1.74. The third kappa shape index (κ3) is 2.89. The average molecular weight is 393 g/mol. The van der Waals surface area contributed by atoms with Gasteiger partial charge in [-0.3, -0.25) is 4.79 Å². The first-order chi connectivity index (χ1) is 14.0. The van der Waals surface area contributed by atoms with Crippen LogP contribution in [0.1, 0.15) is 33.9 Å². The topological polar surface area (TPSA) is 96.6 Å². The molecule has 3 aromatic rings. The van der Waals surface area contributed by atoms with Gasteiger partial charge in [-0.2, -0.15) is 0 Å². The van der Waals surface area contributed by atoms with Crippen LogP contribution in [0.25, 0.3) is 11.0 Å². The van der Waals surface area contributed by atoms with Gasteiger partial charge in [0.1, 0.15) is 29.7 Å². The molecule has 3 N–H and O–H groups in total. The first kappa shape index (κ1) is 18.1. The van der Waals surface area contributed by atoms with Crippen molar-refractivity contribution in [3.05, 3.63) is 59.4 Å². The van der Waals surface area contributed by atoms with Gasteiger partial charge < -0.3 is 24.8 Å². The number of fused-ring (bicyclic) bond motifs is 2. The van der Waals surface area contributed by atoms with E-state index in [9.17, 15) is 15.0 Å². The van der Waals surface area contributed by atoms with Gasteiger partial charge in [0.2, 0.25) is 0 Å². The average Bonchev–Trinajstić information content (AvgIpc) is 3.26. The molecule has 1 amide bonds. The van der Waals surface area contributed by atoms with Crippen molar-refractivity contribution in [2.45, 2.75) is 44.1 Å². The lowest BCUT2D eigenvalue weighted by atomic mass is 9.99. The number of amides is 1. The third-order valence-electron chi connectivity index (χ3n) is 6.09. The first-order valence-electron chi connectivity index (χ1n) is 9.89. The zero-order valence-corrected chi connectivity index (χ0v) is 16.1. The molecule has 2 aromatic heterocycles. The van der Waals surface area contributed by atoms with Crippen LogP contribution in [0.2, 0.25) is 0 Å². The third-order valence-corrected chi connectivity index (χ3v) is 6.09. The van der Waals surface area contributed by atoms with E-state index in [1.54, 1.807) is 12.3 Å². The fourth-order valence-electron chi connectivity index (χ4n) is 4.52. The summed E-state index contributed by atoms with van der Waals surface area (Å²) in [6, 6.07) is 9.07. The van der Waals surface area contributed by atoms with Crippen molar-refractivity contribution in [1.29, 1.82) is 0 Å². The van der Waals surface area contributed by atoms with E-state index in [0.717, 1.165) is 28.6 Å². The van der Waals surface area contributed by atoms with E-state index in [1.807, 2.05) is 42.0 Å². The summed E-state index contributed by atoms with van der Waals surface area (Å²) in [5.41, 5.74) is 3.34. The number of pyridine rings is 1. The number of aryl methyl sites for hydroxylation is 1. The molecule has 0 bridgehead atoms. The van der Waals surface area contributed by atoms with Crippen LogP contribution in [0, 0.1) is 6.92 Å². The van der Waals surface area contributed by atoms with Crippen molar-refractivity contribution in [3.63, 3.8) is 0 Å². The van der Waals surface area contributed by atoms with E-state index in [1.165, 1.54) is 0 Å². The highest BCUT2D eigenvalue weighted by Crippen LogP contribution is 2.37. The molecule has 1 fully saturated rings. The van der Waals surface area contributed by atoms with E-state index < -0.39 is 18.3 Å². The Morgan fingerprint density at radius 2 is 2.07 bits per heavy atom. The number of aliphatic hydroxyl groups excluding tert-OH is 2. The van der Waals surface area contributed by atoms with E-state index in [2.05, 4.69) is 10.3 Å². The number of aromatic nitrogens is 2. The lowest BCUT2D eigenvalue weighted by Gasteiger charge is -2.23. The maximum absolute atomic E-state index is 12.3. The van der Waals surface area contributed by atoms with Gasteiger partial charge in [0.15, 0.2) is 0 Å². The van der Waals surface area contributed by atoms with Crippen molar-refractivity contribution >= 4 is 16.9 Å². The molecule has 3 heterocycles. The van der Waals surface area contributed by atoms with Crippen LogP contribution in [0.5, 0.6) is 5.75 Å². The number of aliphatic hydroxyl groups is 2. The van der Waals surface area contributed by atoms with Gasteiger partial charge in [-0.05, 0) is 42.7 Å². The van der Waals surface area contributed by atoms with Gasteiger partial charge in [-0.15, -0.1) is 0 Å². The lowest BCUT2D eigenvalue weighted by molar-refractivity contribution is -0.0165. The molecule has 0 radical (unpaired) electrons. The minimum atomic E-state index is -1.07. The molecule has 1 aliphatic heterocycles. The summed E-state index contributed by atoms with van der Waals surface area (Å²) in [5, 5.41) is 25.3. The first-order valence-corrected chi connectivity index (χ1v) is 9.89. The Balaban J connectivity index is 1.45. The molecule has 1 aliphatic carbocycles. The summed E-state index contributed by atoms with van der Waals surface area (Å²) in [6.45, 7) is 2.62. The highest BCUT2D eigenvalue weighted by Gasteiger charge is 2.44. The summed E-state index contributed by atoms with van der Waals surface area (Å²) in [4.78, 5) is 16.8. The zero-order valence-electron chi connectivity index (χ0n) is 16.1. The molecule has 29 heavy (non-hydrogen) atoms. The molecule has 1 aromatic carbocycles. The van der Waals surface area contributed by atoms with Gasteiger partial charge >= 0.3 is 0 Å². The number of hydrogen-bond acceptors (Lipinski definition) is 5. The molecule has 0 spiro atoms. The quantitative estimate of drug-likeness (QED) is 0.630. The molecule has 1 unspecified atom stereocenters. The Hall–Kier alpha value is -2.90. The predicted molar refractivity (Wildman–Crippen MR) is 107 cm³/mol. The van der Waals surface area contributed by atoms with Crippen LogP contribution in [-0.2, 0) is 6.42 Å². The molecule has 0 saturated heterocycles. The summed E-state index contributed by atoms with van der Waals surface area (Å²) in [7, 11) is 0.